The van der Waals surface area contributed by atoms with Crippen molar-refractivity contribution in [1.29, 1.82) is 0 Å². The Kier molecular flexibility index (Phi) is 5.59. The topological polar surface area (TPSA) is 48.9 Å². The van der Waals surface area contributed by atoms with E-state index >= 15 is 0 Å². The van der Waals surface area contributed by atoms with Gasteiger partial charge in [-0.1, -0.05) is 24.3 Å². The number of carbonyl (C=O) groups is 1. The third-order valence-corrected chi connectivity index (χ3v) is 5.63. The van der Waals surface area contributed by atoms with E-state index in [4.69, 9.17) is 9.72 Å². The van der Waals surface area contributed by atoms with Crippen molar-refractivity contribution in [2.45, 2.75) is 6.92 Å². The van der Waals surface area contributed by atoms with Gasteiger partial charge in [0.15, 0.2) is 0 Å². The summed E-state index contributed by atoms with van der Waals surface area (Å²) in [5.41, 5.74) is 3.90. The minimum Gasteiger partial charge on any atom is -0.378 e. The van der Waals surface area contributed by atoms with E-state index in [0.717, 1.165) is 56.3 Å². The summed E-state index contributed by atoms with van der Waals surface area (Å²) in [6.07, 6.45) is 0. The minimum absolute atomic E-state index is 0.0819. The van der Waals surface area contributed by atoms with Crippen LogP contribution < -0.4 is 4.90 Å². The first kappa shape index (κ1) is 18.9. The molecule has 0 atom stereocenters. The predicted octanol–water partition coefficient (Wildman–Crippen LogP) is 2.28. The number of rotatable bonds is 3. The van der Waals surface area contributed by atoms with Gasteiger partial charge in [0, 0.05) is 44.8 Å². The van der Waals surface area contributed by atoms with E-state index in [1.54, 1.807) is 0 Å². The van der Waals surface area contributed by atoms with Crippen LogP contribution in [0.5, 0.6) is 0 Å². The summed E-state index contributed by atoms with van der Waals surface area (Å²) < 4.78 is 5.51. The Morgan fingerprint density at radius 3 is 2.39 bits per heavy atom. The molecule has 1 aromatic heterocycles. The third-order valence-electron chi connectivity index (χ3n) is 5.63. The Morgan fingerprint density at radius 1 is 0.964 bits per heavy atom. The van der Waals surface area contributed by atoms with Crippen molar-refractivity contribution >= 4 is 11.7 Å². The highest BCUT2D eigenvalue weighted by molar-refractivity contribution is 5.99. The molecule has 0 N–H and O–H groups in total. The van der Waals surface area contributed by atoms with Crippen molar-refractivity contribution in [3.63, 3.8) is 0 Å². The number of ether oxygens (including phenoxy) is 1. The molecule has 1 amide bonds. The molecule has 2 aliphatic rings. The molecule has 0 spiro atoms. The number of hydrogen-bond acceptors (Lipinski definition) is 5. The molecule has 6 nitrogen and oxygen atoms in total. The van der Waals surface area contributed by atoms with Gasteiger partial charge < -0.3 is 19.4 Å². The molecule has 0 radical (unpaired) electrons. The number of pyridine rings is 1. The SMILES string of the molecule is Cc1ccccc1-c1ccc(C(=O)N2CCN(C)CC2)c(N2CCOCC2)n1. The molecule has 3 heterocycles. The van der Waals surface area contributed by atoms with Crippen LogP contribution in [-0.4, -0.2) is 80.2 Å². The monoisotopic (exact) mass is 380 g/mol. The standard InChI is InChI=1S/C22H28N4O2/c1-17-5-3-4-6-18(17)20-8-7-19(21(23-20)25-13-15-28-16-14-25)22(27)26-11-9-24(2)10-12-26/h3-8H,9-16H2,1-2H3. The fourth-order valence-electron chi connectivity index (χ4n) is 3.82. The average Bonchev–Trinajstić information content (AvgIpc) is 2.74. The number of benzene rings is 1. The van der Waals surface area contributed by atoms with Gasteiger partial charge in [-0.3, -0.25) is 4.79 Å². The number of hydrogen-bond donors (Lipinski definition) is 0. The molecule has 2 aromatic rings. The summed E-state index contributed by atoms with van der Waals surface area (Å²) >= 11 is 0. The number of carbonyl (C=O) groups excluding carboxylic acids is 1. The van der Waals surface area contributed by atoms with Crippen LogP contribution in [0, 0.1) is 6.92 Å². The van der Waals surface area contributed by atoms with Crippen molar-refractivity contribution in [3.05, 3.63) is 47.5 Å². The molecule has 0 saturated carbocycles. The van der Waals surface area contributed by atoms with E-state index in [9.17, 15) is 4.79 Å². The summed E-state index contributed by atoms with van der Waals surface area (Å²) in [4.78, 5) is 24.7. The maximum absolute atomic E-state index is 13.3. The molecule has 2 saturated heterocycles. The number of aromatic nitrogens is 1. The Bertz CT molecular complexity index is 840. The Hall–Kier alpha value is -2.44. The molecule has 148 valence electrons. The second-order valence-electron chi connectivity index (χ2n) is 7.58. The molecule has 0 aliphatic carbocycles. The van der Waals surface area contributed by atoms with Crippen LogP contribution in [-0.2, 0) is 4.74 Å². The van der Waals surface area contributed by atoms with Crippen LogP contribution in [0.25, 0.3) is 11.3 Å². The Labute approximate surface area is 166 Å². The molecule has 2 fully saturated rings. The third kappa shape index (κ3) is 3.88. The quantitative estimate of drug-likeness (QED) is 0.818. The van der Waals surface area contributed by atoms with Gasteiger partial charge in [0.1, 0.15) is 5.82 Å². The van der Waals surface area contributed by atoms with E-state index < -0.39 is 0 Å². The Morgan fingerprint density at radius 2 is 1.68 bits per heavy atom. The second-order valence-corrected chi connectivity index (χ2v) is 7.58. The molecule has 0 bridgehead atoms. The second kappa shape index (κ2) is 8.29. The molecule has 1 aromatic carbocycles. The van der Waals surface area contributed by atoms with E-state index in [1.807, 2.05) is 29.2 Å². The Balaban J connectivity index is 1.71. The van der Waals surface area contributed by atoms with Crippen LogP contribution in [0.1, 0.15) is 15.9 Å². The fraction of sp³-hybridized carbons (Fsp3) is 0.455. The van der Waals surface area contributed by atoms with Gasteiger partial charge in [-0.15, -0.1) is 0 Å². The van der Waals surface area contributed by atoms with Gasteiger partial charge in [0.2, 0.25) is 0 Å². The van der Waals surface area contributed by atoms with E-state index in [2.05, 4.69) is 35.9 Å². The van der Waals surface area contributed by atoms with Gasteiger partial charge >= 0.3 is 0 Å². The zero-order valence-electron chi connectivity index (χ0n) is 16.7. The van der Waals surface area contributed by atoms with Crippen LogP contribution in [0.4, 0.5) is 5.82 Å². The molecular formula is C22H28N4O2. The van der Waals surface area contributed by atoms with Gasteiger partial charge in [0.25, 0.3) is 5.91 Å². The lowest BCUT2D eigenvalue weighted by molar-refractivity contribution is 0.0663. The number of likely N-dealkylation sites (N-methyl/N-ethyl adjacent to an activating group) is 1. The normalized spacial score (nSPS) is 18.4. The van der Waals surface area contributed by atoms with Crippen molar-refractivity contribution in [2.24, 2.45) is 0 Å². The van der Waals surface area contributed by atoms with Gasteiger partial charge in [-0.2, -0.15) is 0 Å². The first-order chi connectivity index (χ1) is 13.6. The summed E-state index contributed by atoms with van der Waals surface area (Å²) in [5.74, 6) is 0.867. The zero-order chi connectivity index (χ0) is 19.5. The molecule has 2 aliphatic heterocycles. The van der Waals surface area contributed by atoms with E-state index in [1.165, 1.54) is 5.56 Å². The van der Waals surface area contributed by atoms with Crippen molar-refractivity contribution < 1.29 is 9.53 Å². The summed E-state index contributed by atoms with van der Waals surface area (Å²) in [7, 11) is 2.10. The first-order valence-corrected chi connectivity index (χ1v) is 10.0. The summed E-state index contributed by atoms with van der Waals surface area (Å²) in [6.45, 7) is 8.28. The van der Waals surface area contributed by atoms with Gasteiger partial charge in [0.05, 0.1) is 24.5 Å². The zero-order valence-corrected chi connectivity index (χ0v) is 16.7. The molecule has 0 unspecified atom stereocenters. The highest BCUT2D eigenvalue weighted by Crippen LogP contribution is 2.28. The number of morpholine rings is 1. The molecule has 6 heteroatoms. The van der Waals surface area contributed by atoms with Crippen LogP contribution in [0.2, 0.25) is 0 Å². The maximum Gasteiger partial charge on any atom is 0.257 e. The maximum atomic E-state index is 13.3. The number of nitrogens with zero attached hydrogens (tertiary/aromatic N) is 4. The number of piperazine rings is 1. The van der Waals surface area contributed by atoms with E-state index in [-0.39, 0.29) is 5.91 Å². The predicted molar refractivity (Wildman–Crippen MR) is 111 cm³/mol. The lowest BCUT2D eigenvalue weighted by Gasteiger charge is -2.34. The van der Waals surface area contributed by atoms with Crippen molar-refractivity contribution in [2.75, 3.05) is 64.4 Å². The van der Waals surface area contributed by atoms with Gasteiger partial charge in [-0.25, -0.2) is 4.98 Å². The number of amides is 1. The number of aryl methyl sites for hydroxylation is 1. The van der Waals surface area contributed by atoms with Crippen LogP contribution >= 0.6 is 0 Å². The average molecular weight is 380 g/mol. The fourth-order valence-corrected chi connectivity index (χ4v) is 3.82. The van der Waals surface area contributed by atoms with E-state index in [0.29, 0.717) is 18.8 Å². The highest BCUT2D eigenvalue weighted by atomic mass is 16.5. The highest BCUT2D eigenvalue weighted by Gasteiger charge is 2.26. The number of anilines is 1. The molecule has 4 rings (SSSR count). The summed E-state index contributed by atoms with van der Waals surface area (Å²) in [5, 5.41) is 0. The van der Waals surface area contributed by atoms with Gasteiger partial charge in [-0.05, 0) is 31.7 Å². The molecule has 28 heavy (non-hydrogen) atoms. The van der Waals surface area contributed by atoms with Crippen molar-refractivity contribution in [3.8, 4) is 11.3 Å². The molecular weight excluding hydrogens is 352 g/mol. The lowest BCUT2D eigenvalue weighted by Crippen LogP contribution is -2.47. The van der Waals surface area contributed by atoms with Crippen molar-refractivity contribution in [1.82, 2.24) is 14.8 Å². The van der Waals surface area contributed by atoms with Crippen LogP contribution in [0.3, 0.4) is 0 Å². The summed E-state index contributed by atoms with van der Waals surface area (Å²) in [6, 6.07) is 12.2. The minimum atomic E-state index is 0.0819. The lowest BCUT2D eigenvalue weighted by atomic mass is 10.0. The smallest absolute Gasteiger partial charge is 0.257 e. The largest absolute Gasteiger partial charge is 0.378 e. The van der Waals surface area contributed by atoms with Crippen LogP contribution in [0.15, 0.2) is 36.4 Å². The first-order valence-electron chi connectivity index (χ1n) is 10.0.